The lowest BCUT2D eigenvalue weighted by atomic mass is 10.1. The largest absolute Gasteiger partial charge is 0.494 e. The maximum atomic E-state index is 12.4. The average molecular weight is 242 g/mol. The number of carbonyl (C=O) groups excluding carboxylic acids is 1. The molecule has 0 amide bonds. The van der Waals surface area contributed by atoms with E-state index in [2.05, 4.69) is 9.97 Å². The van der Waals surface area contributed by atoms with Crippen molar-refractivity contribution in [2.45, 2.75) is 13.8 Å². The molecular formula is C14H14N2O2. The molecule has 2 aromatic heterocycles. The number of hydrogen-bond donors (Lipinski definition) is 0. The third-order valence-corrected chi connectivity index (χ3v) is 2.55. The van der Waals surface area contributed by atoms with Gasteiger partial charge in [0.05, 0.1) is 7.11 Å². The van der Waals surface area contributed by atoms with Crippen LogP contribution in [-0.2, 0) is 0 Å². The zero-order chi connectivity index (χ0) is 13.1. The van der Waals surface area contributed by atoms with Crippen molar-refractivity contribution in [1.82, 2.24) is 9.97 Å². The van der Waals surface area contributed by atoms with E-state index in [0.717, 1.165) is 11.4 Å². The number of rotatable bonds is 3. The van der Waals surface area contributed by atoms with Gasteiger partial charge in [0.2, 0.25) is 5.78 Å². The Labute approximate surface area is 106 Å². The summed E-state index contributed by atoms with van der Waals surface area (Å²) in [5.41, 5.74) is 2.53. The highest BCUT2D eigenvalue weighted by Gasteiger charge is 2.16. The molecule has 0 saturated carbocycles. The van der Waals surface area contributed by atoms with Crippen LogP contribution in [0.1, 0.15) is 27.4 Å². The SMILES string of the molecule is COc1cccnc1C(=O)c1cc(C)nc(C)c1. The summed E-state index contributed by atoms with van der Waals surface area (Å²) in [6, 6.07) is 6.96. The number of nitrogens with zero attached hydrogens (tertiary/aromatic N) is 2. The molecule has 2 heterocycles. The van der Waals surface area contributed by atoms with Crippen LogP contribution in [0.15, 0.2) is 30.5 Å². The molecule has 18 heavy (non-hydrogen) atoms. The zero-order valence-electron chi connectivity index (χ0n) is 10.6. The number of aromatic nitrogens is 2. The second-order valence-corrected chi connectivity index (χ2v) is 4.02. The number of ether oxygens (including phenoxy) is 1. The van der Waals surface area contributed by atoms with Gasteiger partial charge in [0.25, 0.3) is 0 Å². The normalized spacial score (nSPS) is 10.2. The maximum Gasteiger partial charge on any atom is 0.215 e. The van der Waals surface area contributed by atoms with Crippen molar-refractivity contribution in [3.05, 3.63) is 53.1 Å². The Hall–Kier alpha value is -2.23. The summed E-state index contributed by atoms with van der Waals surface area (Å²) >= 11 is 0. The van der Waals surface area contributed by atoms with E-state index in [1.165, 1.54) is 7.11 Å². The van der Waals surface area contributed by atoms with Crippen molar-refractivity contribution in [2.75, 3.05) is 7.11 Å². The Kier molecular flexibility index (Phi) is 3.37. The van der Waals surface area contributed by atoms with Crippen molar-refractivity contribution in [3.8, 4) is 5.75 Å². The van der Waals surface area contributed by atoms with Gasteiger partial charge in [-0.15, -0.1) is 0 Å². The topological polar surface area (TPSA) is 52.1 Å². The number of carbonyl (C=O) groups is 1. The smallest absolute Gasteiger partial charge is 0.215 e. The maximum absolute atomic E-state index is 12.4. The van der Waals surface area contributed by atoms with Crippen LogP contribution in [0.25, 0.3) is 0 Å². The van der Waals surface area contributed by atoms with Gasteiger partial charge in [0.15, 0.2) is 5.69 Å². The molecule has 4 nitrogen and oxygen atoms in total. The van der Waals surface area contributed by atoms with Crippen LogP contribution >= 0.6 is 0 Å². The summed E-state index contributed by atoms with van der Waals surface area (Å²) in [4.78, 5) is 20.7. The van der Waals surface area contributed by atoms with Crippen molar-refractivity contribution >= 4 is 5.78 Å². The molecule has 0 radical (unpaired) electrons. The zero-order valence-corrected chi connectivity index (χ0v) is 10.6. The molecule has 4 heteroatoms. The lowest BCUT2D eigenvalue weighted by molar-refractivity contribution is 0.103. The molecule has 0 atom stereocenters. The second-order valence-electron chi connectivity index (χ2n) is 4.02. The number of hydrogen-bond acceptors (Lipinski definition) is 4. The van der Waals surface area contributed by atoms with Crippen LogP contribution in [0.2, 0.25) is 0 Å². The molecule has 2 aromatic rings. The first kappa shape index (κ1) is 12.2. The minimum Gasteiger partial charge on any atom is -0.494 e. The number of methoxy groups -OCH3 is 1. The minimum absolute atomic E-state index is 0.152. The van der Waals surface area contributed by atoms with Gasteiger partial charge >= 0.3 is 0 Å². The van der Waals surface area contributed by atoms with Crippen LogP contribution in [0, 0.1) is 13.8 Å². The Bertz CT molecular complexity index is 574. The first-order valence-corrected chi connectivity index (χ1v) is 5.61. The Morgan fingerprint density at radius 2 is 1.89 bits per heavy atom. The summed E-state index contributed by atoms with van der Waals surface area (Å²) in [7, 11) is 1.52. The third-order valence-electron chi connectivity index (χ3n) is 2.55. The van der Waals surface area contributed by atoms with Crippen molar-refractivity contribution < 1.29 is 9.53 Å². The molecule has 0 saturated heterocycles. The fourth-order valence-corrected chi connectivity index (χ4v) is 1.83. The quantitative estimate of drug-likeness (QED) is 0.775. The molecule has 0 fully saturated rings. The van der Waals surface area contributed by atoms with Crippen LogP contribution in [-0.4, -0.2) is 22.9 Å². The van der Waals surface area contributed by atoms with E-state index in [4.69, 9.17) is 4.74 Å². The van der Waals surface area contributed by atoms with E-state index in [1.807, 2.05) is 13.8 Å². The molecule has 0 N–H and O–H groups in total. The lowest BCUT2D eigenvalue weighted by Gasteiger charge is -2.07. The Morgan fingerprint density at radius 1 is 1.22 bits per heavy atom. The van der Waals surface area contributed by atoms with Gasteiger partial charge in [-0.3, -0.25) is 9.78 Å². The first-order chi connectivity index (χ1) is 8.61. The van der Waals surface area contributed by atoms with Gasteiger partial charge in [0.1, 0.15) is 5.75 Å². The van der Waals surface area contributed by atoms with Crippen LogP contribution in [0.5, 0.6) is 5.75 Å². The molecule has 2 rings (SSSR count). The molecule has 92 valence electrons. The number of pyridine rings is 2. The predicted octanol–water partition coefficient (Wildman–Crippen LogP) is 2.33. The summed E-state index contributed by atoms with van der Waals surface area (Å²) in [6.45, 7) is 3.72. The third kappa shape index (κ3) is 2.37. The Morgan fingerprint density at radius 3 is 2.50 bits per heavy atom. The molecule has 0 aliphatic carbocycles. The van der Waals surface area contributed by atoms with Gasteiger partial charge in [-0.2, -0.15) is 0 Å². The van der Waals surface area contributed by atoms with Crippen molar-refractivity contribution in [1.29, 1.82) is 0 Å². The summed E-state index contributed by atoms with van der Waals surface area (Å²) < 4.78 is 5.15. The van der Waals surface area contributed by atoms with Gasteiger partial charge < -0.3 is 4.74 Å². The summed E-state index contributed by atoms with van der Waals surface area (Å²) in [6.07, 6.45) is 1.58. The van der Waals surface area contributed by atoms with Gasteiger partial charge in [-0.25, -0.2) is 4.98 Å². The minimum atomic E-state index is -0.152. The van der Waals surface area contributed by atoms with E-state index in [1.54, 1.807) is 30.5 Å². The number of aryl methyl sites for hydroxylation is 2. The monoisotopic (exact) mass is 242 g/mol. The average Bonchev–Trinajstić information content (AvgIpc) is 2.36. The van der Waals surface area contributed by atoms with Gasteiger partial charge in [0, 0.05) is 23.1 Å². The fraction of sp³-hybridized carbons (Fsp3) is 0.214. The first-order valence-electron chi connectivity index (χ1n) is 5.61. The van der Waals surface area contributed by atoms with E-state index in [-0.39, 0.29) is 5.78 Å². The highest BCUT2D eigenvalue weighted by Crippen LogP contribution is 2.19. The highest BCUT2D eigenvalue weighted by molar-refractivity contribution is 6.09. The van der Waals surface area contributed by atoms with Crippen molar-refractivity contribution in [3.63, 3.8) is 0 Å². The molecule has 0 aliphatic rings. The number of ketones is 1. The van der Waals surface area contributed by atoms with Gasteiger partial charge in [-0.1, -0.05) is 0 Å². The molecule has 0 unspecified atom stereocenters. The van der Waals surface area contributed by atoms with E-state index in [0.29, 0.717) is 17.0 Å². The van der Waals surface area contributed by atoms with Crippen molar-refractivity contribution in [2.24, 2.45) is 0 Å². The van der Waals surface area contributed by atoms with Gasteiger partial charge in [-0.05, 0) is 38.1 Å². The molecule has 0 spiro atoms. The summed E-state index contributed by atoms with van der Waals surface area (Å²) in [5, 5.41) is 0. The lowest BCUT2D eigenvalue weighted by Crippen LogP contribution is -2.07. The predicted molar refractivity (Wildman–Crippen MR) is 67.9 cm³/mol. The highest BCUT2D eigenvalue weighted by atomic mass is 16.5. The van der Waals surface area contributed by atoms with E-state index < -0.39 is 0 Å². The molecular weight excluding hydrogens is 228 g/mol. The fourth-order valence-electron chi connectivity index (χ4n) is 1.83. The van der Waals surface area contributed by atoms with Crippen LogP contribution < -0.4 is 4.74 Å². The Balaban J connectivity index is 2.47. The molecule has 0 aliphatic heterocycles. The van der Waals surface area contributed by atoms with Crippen LogP contribution in [0.3, 0.4) is 0 Å². The molecule has 0 bridgehead atoms. The summed E-state index contributed by atoms with van der Waals surface area (Å²) in [5.74, 6) is 0.329. The van der Waals surface area contributed by atoms with Crippen LogP contribution in [0.4, 0.5) is 0 Å². The van der Waals surface area contributed by atoms with E-state index >= 15 is 0 Å². The van der Waals surface area contributed by atoms with E-state index in [9.17, 15) is 4.79 Å². The molecule has 0 aromatic carbocycles. The standard InChI is InChI=1S/C14H14N2O2/c1-9-7-11(8-10(2)16-9)14(17)13-12(18-3)5-4-6-15-13/h4-8H,1-3H3. The second kappa shape index (κ2) is 4.96.